The average molecular weight is 377 g/mol. The average Bonchev–Trinajstić information content (AvgIpc) is 3.15. The number of likely N-dealkylation sites (tertiary alicyclic amines) is 1. The van der Waals surface area contributed by atoms with Gasteiger partial charge in [0, 0.05) is 30.6 Å². The van der Waals surface area contributed by atoms with Crippen molar-refractivity contribution in [2.75, 3.05) is 27.4 Å². The van der Waals surface area contributed by atoms with Gasteiger partial charge in [0.2, 0.25) is 0 Å². The molecule has 1 saturated heterocycles. The molecule has 0 bridgehead atoms. The van der Waals surface area contributed by atoms with Gasteiger partial charge in [-0.1, -0.05) is 12.1 Å². The maximum atomic E-state index is 5.45. The molecule has 1 fully saturated rings. The minimum absolute atomic E-state index is 0.488. The van der Waals surface area contributed by atoms with E-state index in [1.807, 2.05) is 12.1 Å². The Bertz CT molecular complexity index is 953. The number of benzene rings is 2. The number of ether oxygens (including phenoxy) is 2. The number of rotatable bonds is 6. The molecule has 1 atom stereocenters. The predicted molar refractivity (Wildman–Crippen MR) is 114 cm³/mol. The number of hydrogen-bond acceptors (Lipinski definition) is 4. The molecule has 0 radical (unpaired) electrons. The SMILES string of the molecule is COC[C@H]1CCCN1Cc1cc2ccc(C)cc2nc1-c1ccc(OC)cc1. The molecule has 0 spiro atoms. The van der Waals surface area contributed by atoms with Crippen LogP contribution in [0.1, 0.15) is 24.0 Å². The van der Waals surface area contributed by atoms with Gasteiger partial charge in [-0.3, -0.25) is 4.90 Å². The van der Waals surface area contributed by atoms with E-state index in [0.717, 1.165) is 42.2 Å². The monoisotopic (exact) mass is 376 g/mol. The zero-order chi connectivity index (χ0) is 19.5. The quantitative estimate of drug-likeness (QED) is 0.617. The molecule has 4 heteroatoms. The summed E-state index contributed by atoms with van der Waals surface area (Å²) in [5.41, 5.74) is 5.73. The predicted octanol–water partition coefficient (Wildman–Crippen LogP) is 4.83. The molecule has 0 saturated carbocycles. The van der Waals surface area contributed by atoms with Gasteiger partial charge in [-0.2, -0.15) is 0 Å². The summed E-state index contributed by atoms with van der Waals surface area (Å²) in [6.07, 6.45) is 2.43. The van der Waals surface area contributed by atoms with Crippen molar-refractivity contribution in [2.24, 2.45) is 0 Å². The fourth-order valence-corrected chi connectivity index (χ4v) is 4.14. The number of aromatic nitrogens is 1. The van der Waals surface area contributed by atoms with E-state index >= 15 is 0 Å². The van der Waals surface area contributed by atoms with E-state index in [4.69, 9.17) is 14.5 Å². The van der Waals surface area contributed by atoms with Crippen LogP contribution in [0.4, 0.5) is 0 Å². The van der Waals surface area contributed by atoms with Crippen molar-refractivity contribution in [1.82, 2.24) is 9.88 Å². The fraction of sp³-hybridized carbons (Fsp3) is 0.375. The summed E-state index contributed by atoms with van der Waals surface area (Å²) in [5.74, 6) is 0.863. The summed E-state index contributed by atoms with van der Waals surface area (Å²) in [5, 5.41) is 1.19. The van der Waals surface area contributed by atoms with Gasteiger partial charge in [0.05, 0.1) is 24.9 Å². The molecule has 1 aromatic heterocycles. The van der Waals surface area contributed by atoms with E-state index in [-0.39, 0.29) is 0 Å². The Morgan fingerprint density at radius 2 is 1.89 bits per heavy atom. The first-order chi connectivity index (χ1) is 13.7. The van der Waals surface area contributed by atoms with Crippen LogP contribution in [0.3, 0.4) is 0 Å². The van der Waals surface area contributed by atoms with Crippen molar-refractivity contribution in [2.45, 2.75) is 32.4 Å². The molecular weight excluding hydrogens is 348 g/mol. The number of nitrogens with zero attached hydrogens (tertiary/aromatic N) is 2. The van der Waals surface area contributed by atoms with Crippen molar-refractivity contribution in [3.05, 3.63) is 59.7 Å². The van der Waals surface area contributed by atoms with Gasteiger partial charge >= 0.3 is 0 Å². The third-order valence-corrected chi connectivity index (χ3v) is 5.65. The summed E-state index contributed by atoms with van der Waals surface area (Å²) in [4.78, 5) is 7.61. The molecule has 2 aromatic carbocycles. The third kappa shape index (κ3) is 3.89. The molecule has 28 heavy (non-hydrogen) atoms. The second-order valence-corrected chi connectivity index (χ2v) is 7.64. The lowest BCUT2D eigenvalue weighted by molar-refractivity contribution is 0.112. The fourth-order valence-electron chi connectivity index (χ4n) is 4.14. The summed E-state index contributed by atoms with van der Waals surface area (Å²) in [6, 6.07) is 17.5. The van der Waals surface area contributed by atoms with Crippen LogP contribution < -0.4 is 4.74 Å². The van der Waals surface area contributed by atoms with Crippen LogP contribution in [-0.2, 0) is 11.3 Å². The van der Waals surface area contributed by atoms with Gasteiger partial charge < -0.3 is 9.47 Å². The van der Waals surface area contributed by atoms with Gasteiger partial charge in [0.15, 0.2) is 0 Å². The smallest absolute Gasteiger partial charge is 0.118 e. The van der Waals surface area contributed by atoms with Crippen LogP contribution in [0.15, 0.2) is 48.5 Å². The first kappa shape index (κ1) is 18.9. The first-order valence-electron chi connectivity index (χ1n) is 9.95. The molecule has 1 aliphatic rings. The standard InChI is InChI=1S/C24H28N2O2/c1-17-6-7-19-14-20(15-26-12-4-5-21(26)16-27-2)24(25-23(19)13-17)18-8-10-22(28-3)11-9-18/h6-11,13-14,21H,4-5,12,15-16H2,1-3H3/t21-/m1/s1. The topological polar surface area (TPSA) is 34.6 Å². The molecule has 3 aromatic rings. The molecule has 0 N–H and O–H groups in total. The lowest BCUT2D eigenvalue weighted by Gasteiger charge is -2.25. The Morgan fingerprint density at radius 1 is 1.07 bits per heavy atom. The van der Waals surface area contributed by atoms with E-state index < -0.39 is 0 Å². The second-order valence-electron chi connectivity index (χ2n) is 7.64. The van der Waals surface area contributed by atoms with Crippen LogP contribution in [0.25, 0.3) is 22.2 Å². The van der Waals surface area contributed by atoms with Gasteiger partial charge in [-0.05, 0) is 73.8 Å². The van der Waals surface area contributed by atoms with E-state index in [1.165, 1.54) is 29.4 Å². The highest BCUT2D eigenvalue weighted by atomic mass is 16.5. The van der Waals surface area contributed by atoms with E-state index in [9.17, 15) is 0 Å². The van der Waals surface area contributed by atoms with E-state index in [1.54, 1.807) is 14.2 Å². The Balaban J connectivity index is 1.77. The van der Waals surface area contributed by atoms with Gasteiger partial charge in [0.25, 0.3) is 0 Å². The van der Waals surface area contributed by atoms with Crippen molar-refractivity contribution >= 4 is 10.9 Å². The Kier molecular flexibility index (Phi) is 5.60. The first-order valence-corrected chi connectivity index (χ1v) is 9.95. The second kappa shape index (κ2) is 8.29. The highest BCUT2D eigenvalue weighted by Gasteiger charge is 2.25. The molecule has 4 nitrogen and oxygen atoms in total. The highest BCUT2D eigenvalue weighted by molar-refractivity contribution is 5.84. The van der Waals surface area contributed by atoms with E-state index in [2.05, 4.69) is 48.2 Å². The van der Waals surface area contributed by atoms with Crippen molar-refractivity contribution in [3.63, 3.8) is 0 Å². The molecule has 2 heterocycles. The van der Waals surface area contributed by atoms with Gasteiger partial charge in [0.1, 0.15) is 5.75 Å². The van der Waals surface area contributed by atoms with Crippen molar-refractivity contribution in [3.8, 4) is 17.0 Å². The maximum absolute atomic E-state index is 5.45. The number of methoxy groups -OCH3 is 2. The summed E-state index contributed by atoms with van der Waals surface area (Å²) in [7, 11) is 3.49. The zero-order valence-corrected chi connectivity index (χ0v) is 16.9. The molecule has 146 valence electrons. The molecular formula is C24H28N2O2. The number of aryl methyl sites for hydroxylation is 1. The van der Waals surface area contributed by atoms with Crippen molar-refractivity contribution in [1.29, 1.82) is 0 Å². The molecule has 4 rings (SSSR count). The van der Waals surface area contributed by atoms with Crippen LogP contribution in [-0.4, -0.2) is 43.3 Å². The number of pyridine rings is 1. The number of hydrogen-bond donors (Lipinski definition) is 0. The zero-order valence-electron chi connectivity index (χ0n) is 16.9. The minimum Gasteiger partial charge on any atom is -0.497 e. The molecule has 0 aliphatic carbocycles. The molecule has 1 aliphatic heterocycles. The van der Waals surface area contributed by atoms with Gasteiger partial charge in [-0.15, -0.1) is 0 Å². The summed E-state index contributed by atoms with van der Waals surface area (Å²) in [6.45, 7) is 4.91. The third-order valence-electron chi connectivity index (χ3n) is 5.65. The van der Waals surface area contributed by atoms with Crippen LogP contribution in [0, 0.1) is 6.92 Å². The Labute approximate surface area is 167 Å². The van der Waals surface area contributed by atoms with Crippen LogP contribution in [0.5, 0.6) is 5.75 Å². The summed E-state index contributed by atoms with van der Waals surface area (Å²) < 4.78 is 10.8. The maximum Gasteiger partial charge on any atom is 0.118 e. The Hall–Kier alpha value is -2.43. The van der Waals surface area contributed by atoms with Gasteiger partial charge in [-0.25, -0.2) is 4.98 Å². The minimum atomic E-state index is 0.488. The normalized spacial score (nSPS) is 17.3. The van der Waals surface area contributed by atoms with Crippen LogP contribution in [0.2, 0.25) is 0 Å². The van der Waals surface area contributed by atoms with Crippen molar-refractivity contribution < 1.29 is 9.47 Å². The summed E-state index contributed by atoms with van der Waals surface area (Å²) >= 11 is 0. The van der Waals surface area contributed by atoms with E-state index in [0.29, 0.717) is 6.04 Å². The Morgan fingerprint density at radius 3 is 2.64 bits per heavy atom. The van der Waals surface area contributed by atoms with Crippen LogP contribution >= 0.6 is 0 Å². The molecule has 0 unspecified atom stereocenters. The lowest BCUT2D eigenvalue weighted by Crippen LogP contribution is -2.32. The lowest BCUT2D eigenvalue weighted by atomic mass is 10.0. The number of fused-ring (bicyclic) bond motifs is 1. The highest BCUT2D eigenvalue weighted by Crippen LogP contribution is 2.30. The molecule has 0 amide bonds. The largest absolute Gasteiger partial charge is 0.497 e.